The van der Waals surface area contributed by atoms with Gasteiger partial charge in [-0.2, -0.15) is 0 Å². The number of anilines is 1. The Morgan fingerprint density at radius 2 is 2.00 bits per heavy atom. The van der Waals surface area contributed by atoms with Crippen LogP contribution in [0, 0.1) is 0 Å². The van der Waals surface area contributed by atoms with Gasteiger partial charge in [0.15, 0.2) is 0 Å². The predicted octanol–water partition coefficient (Wildman–Crippen LogP) is 1.59. The molecule has 2 unspecified atom stereocenters. The third-order valence-corrected chi connectivity index (χ3v) is 3.17. The normalized spacial score (nSPS) is 23.6. The fraction of sp³-hybridized carbons (Fsp3) is 0.714. The van der Waals surface area contributed by atoms with Crippen LogP contribution in [-0.4, -0.2) is 41.8 Å². The van der Waals surface area contributed by atoms with E-state index in [-0.39, 0.29) is 12.2 Å². The molecule has 0 bridgehead atoms. The lowest BCUT2D eigenvalue weighted by molar-refractivity contribution is -0.00547. The largest absolute Gasteiger partial charge is 0.372 e. The molecule has 5 nitrogen and oxygen atoms in total. The smallest absolute Gasteiger partial charge is 0.147 e. The van der Waals surface area contributed by atoms with Gasteiger partial charge in [0.05, 0.1) is 30.3 Å². The van der Waals surface area contributed by atoms with E-state index >= 15 is 0 Å². The fourth-order valence-electron chi connectivity index (χ4n) is 2.36. The summed E-state index contributed by atoms with van der Waals surface area (Å²) >= 11 is 0. The second-order valence-corrected chi connectivity index (χ2v) is 5.21. The SMILES string of the molecule is CCCNCc1cnc(N2CC(C)OC(C)C2)cn1. The van der Waals surface area contributed by atoms with Gasteiger partial charge in [-0.25, -0.2) is 4.98 Å². The molecule has 0 spiro atoms. The van der Waals surface area contributed by atoms with Crippen molar-refractivity contribution < 1.29 is 4.74 Å². The van der Waals surface area contributed by atoms with Crippen molar-refractivity contribution in [2.75, 3.05) is 24.5 Å². The molecule has 2 rings (SSSR count). The summed E-state index contributed by atoms with van der Waals surface area (Å²) in [6, 6.07) is 0. The molecule has 106 valence electrons. The van der Waals surface area contributed by atoms with Crippen LogP contribution in [0.3, 0.4) is 0 Å². The molecule has 1 aliphatic rings. The minimum absolute atomic E-state index is 0.247. The van der Waals surface area contributed by atoms with E-state index < -0.39 is 0 Å². The lowest BCUT2D eigenvalue weighted by Gasteiger charge is -2.35. The molecule has 1 aromatic rings. The number of rotatable bonds is 5. The Balaban J connectivity index is 1.93. The maximum absolute atomic E-state index is 5.73. The van der Waals surface area contributed by atoms with Crippen molar-refractivity contribution in [2.24, 2.45) is 0 Å². The van der Waals surface area contributed by atoms with E-state index in [1.165, 1.54) is 0 Å². The molecule has 0 amide bonds. The first-order chi connectivity index (χ1) is 9.19. The van der Waals surface area contributed by atoms with Gasteiger partial charge < -0.3 is 15.0 Å². The molecule has 1 N–H and O–H groups in total. The van der Waals surface area contributed by atoms with Crippen molar-refractivity contribution in [3.05, 3.63) is 18.1 Å². The van der Waals surface area contributed by atoms with Gasteiger partial charge >= 0.3 is 0 Å². The molecule has 0 aliphatic carbocycles. The summed E-state index contributed by atoms with van der Waals surface area (Å²) < 4.78 is 5.73. The predicted molar refractivity (Wildman–Crippen MR) is 76.3 cm³/mol. The molecule has 1 fully saturated rings. The zero-order valence-corrected chi connectivity index (χ0v) is 12.1. The number of ether oxygens (including phenoxy) is 1. The van der Waals surface area contributed by atoms with Crippen molar-refractivity contribution >= 4 is 5.82 Å². The molecule has 5 heteroatoms. The van der Waals surface area contributed by atoms with Crippen molar-refractivity contribution in [2.45, 2.75) is 45.9 Å². The number of hydrogen-bond acceptors (Lipinski definition) is 5. The lowest BCUT2D eigenvalue weighted by Crippen LogP contribution is -2.45. The maximum Gasteiger partial charge on any atom is 0.147 e. The second-order valence-electron chi connectivity index (χ2n) is 5.21. The number of nitrogens with one attached hydrogen (secondary N) is 1. The highest BCUT2D eigenvalue weighted by Crippen LogP contribution is 2.17. The minimum Gasteiger partial charge on any atom is -0.372 e. The van der Waals surface area contributed by atoms with Crippen LogP contribution in [0.1, 0.15) is 32.9 Å². The van der Waals surface area contributed by atoms with E-state index in [9.17, 15) is 0 Å². The summed E-state index contributed by atoms with van der Waals surface area (Å²) in [5.74, 6) is 0.946. The molecule has 1 saturated heterocycles. The zero-order chi connectivity index (χ0) is 13.7. The van der Waals surface area contributed by atoms with Crippen LogP contribution in [0.15, 0.2) is 12.4 Å². The fourth-order valence-corrected chi connectivity index (χ4v) is 2.36. The van der Waals surface area contributed by atoms with E-state index in [4.69, 9.17) is 4.74 Å². The Labute approximate surface area is 115 Å². The number of morpholine rings is 1. The Hall–Kier alpha value is -1.20. The lowest BCUT2D eigenvalue weighted by atomic mass is 10.2. The summed E-state index contributed by atoms with van der Waals surface area (Å²) in [4.78, 5) is 11.2. The van der Waals surface area contributed by atoms with Crippen LogP contribution in [-0.2, 0) is 11.3 Å². The Morgan fingerprint density at radius 1 is 1.26 bits per heavy atom. The standard InChI is InChI=1S/C14H24N4O/c1-4-5-15-6-13-7-17-14(8-16-13)18-9-11(2)19-12(3)10-18/h7-8,11-12,15H,4-6,9-10H2,1-3H3. The highest BCUT2D eigenvalue weighted by Gasteiger charge is 2.23. The molecule has 2 heterocycles. The highest BCUT2D eigenvalue weighted by molar-refractivity contribution is 5.36. The monoisotopic (exact) mass is 264 g/mol. The van der Waals surface area contributed by atoms with Gasteiger partial charge in [-0.05, 0) is 26.8 Å². The zero-order valence-electron chi connectivity index (χ0n) is 12.1. The van der Waals surface area contributed by atoms with Crippen molar-refractivity contribution in [3.63, 3.8) is 0 Å². The minimum atomic E-state index is 0.247. The molecule has 0 radical (unpaired) electrons. The third-order valence-electron chi connectivity index (χ3n) is 3.17. The Kier molecular flexibility index (Phi) is 5.10. The number of hydrogen-bond donors (Lipinski definition) is 1. The van der Waals surface area contributed by atoms with Crippen LogP contribution in [0.25, 0.3) is 0 Å². The molecule has 2 atom stereocenters. The van der Waals surface area contributed by atoms with Gasteiger partial charge in [0, 0.05) is 19.6 Å². The summed E-state index contributed by atoms with van der Waals surface area (Å²) in [6.07, 6.45) is 5.36. The average molecular weight is 264 g/mol. The van der Waals surface area contributed by atoms with Crippen LogP contribution in [0.5, 0.6) is 0 Å². The molecular formula is C14H24N4O. The highest BCUT2D eigenvalue weighted by atomic mass is 16.5. The molecule has 19 heavy (non-hydrogen) atoms. The van der Waals surface area contributed by atoms with Gasteiger partial charge in [0.25, 0.3) is 0 Å². The summed E-state index contributed by atoms with van der Waals surface area (Å²) in [7, 11) is 0. The van der Waals surface area contributed by atoms with Crippen LogP contribution < -0.4 is 10.2 Å². The first-order valence-electron chi connectivity index (χ1n) is 7.11. The third kappa shape index (κ3) is 4.14. The van der Waals surface area contributed by atoms with Gasteiger partial charge in [0.2, 0.25) is 0 Å². The number of nitrogens with zero attached hydrogens (tertiary/aromatic N) is 3. The average Bonchev–Trinajstić information content (AvgIpc) is 2.39. The van der Waals surface area contributed by atoms with Crippen molar-refractivity contribution in [1.82, 2.24) is 15.3 Å². The van der Waals surface area contributed by atoms with E-state index in [1.54, 1.807) is 0 Å². The van der Waals surface area contributed by atoms with Crippen molar-refractivity contribution in [3.8, 4) is 0 Å². The van der Waals surface area contributed by atoms with E-state index in [2.05, 4.69) is 41.0 Å². The number of aromatic nitrogens is 2. The molecule has 0 saturated carbocycles. The molecule has 1 aliphatic heterocycles. The van der Waals surface area contributed by atoms with Crippen LogP contribution in [0.2, 0.25) is 0 Å². The topological polar surface area (TPSA) is 50.3 Å². The van der Waals surface area contributed by atoms with Crippen LogP contribution >= 0.6 is 0 Å². The van der Waals surface area contributed by atoms with Gasteiger partial charge in [-0.1, -0.05) is 6.92 Å². The van der Waals surface area contributed by atoms with E-state index in [0.717, 1.165) is 44.1 Å². The van der Waals surface area contributed by atoms with Gasteiger partial charge in [-0.15, -0.1) is 0 Å². The van der Waals surface area contributed by atoms with Gasteiger partial charge in [-0.3, -0.25) is 4.98 Å². The van der Waals surface area contributed by atoms with E-state index in [1.807, 2.05) is 12.4 Å². The van der Waals surface area contributed by atoms with E-state index in [0.29, 0.717) is 0 Å². The molecule has 1 aromatic heterocycles. The first-order valence-corrected chi connectivity index (χ1v) is 7.11. The molecular weight excluding hydrogens is 240 g/mol. The second kappa shape index (κ2) is 6.82. The quantitative estimate of drug-likeness (QED) is 0.819. The molecule has 0 aromatic carbocycles. The first kappa shape index (κ1) is 14.2. The van der Waals surface area contributed by atoms with Gasteiger partial charge in [0.1, 0.15) is 5.82 Å². The Morgan fingerprint density at radius 3 is 2.58 bits per heavy atom. The maximum atomic E-state index is 5.73. The summed E-state index contributed by atoms with van der Waals surface area (Å²) in [5.41, 5.74) is 0.992. The summed E-state index contributed by atoms with van der Waals surface area (Å²) in [5, 5.41) is 3.33. The summed E-state index contributed by atoms with van der Waals surface area (Å²) in [6.45, 7) is 9.92. The Bertz CT molecular complexity index is 372. The van der Waals surface area contributed by atoms with Crippen LogP contribution in [0.4, 0.5) is 5.82 Å². The van der Waals surface area contributed by atoms with Crippen molar-refractivity contribution in [1.29, 1.82) is 0 Å².